The van der Waals surface area contributed by atoms with Gasteiger partial charge in [-0.2, -0.15) is 0 Å². The average Bonchev–Trinajstić information content (AvgIpc) is 2.61. The van der Waals surface area contributed by atoms with Gasteiger partial charge in [-0.1, -0.05) is 0 Å². The van der Waals surface area contributed by atoms with Crippen molar-refractivity contribution in [3.05, 3.63) is 44.1 Å². The predicted octanol–water partition coefficient (Wildman–Crippen LogP) is 3.34. The molecule has 3 nitrogen and oxygen atoms in total. The van der Waals surface area contributed by atoms with Crippen LogP contribution in [0.2, 0.25) is 0 Å². The van der Waals surface area contributed by atoms with Crippen molar-refractivity contribution in [1.29, 1.82) is 0 Å². The summed E-state index contributed by atoms with van der Waals surface area (Å²) < 4.78 is 0.915. The van der Waals surface area contributed by atoms with Gasteiger partial charge in [-0.25, -0.2) is 4.98 Å². The highest BCUT2D eigenvalue weighted by Gasteiger charge is 2.14. The van der Waals surface area contributed by atoms with E-state index in [0.717, 1.165) is 25.7 Å². The molecule has 0 atom stereocenters. The van der Waals surface area contributed by atoms with Crippen LogP contribution in [0.5, 0.6) is 0 Å². The lowest BCUT2D eigenvalue weighted by molar-refractivity contribution is 0.0995. The number of aryl methyl sites for hydroxylation is 2. The van der Waals surface area contributed by atoms with E-state index >= 15 is 0 Å². The molecule has 5 heteroatoms. The summed E-state index contributed by atoms with van der Waals surface area (Å²) in [6, 6.07) is 3.74. The molecule has 0 radical (unpaired) electrons. The van der Waals surface area contributed by atoms with E-state index in [2.05, 4.69) is 25.9 Å². The van der Waals surface area contributed by atoms with Gasteiger partial charge in [-0.15, -0.1) is 11.3 Å². The first-order valence-corrected chi connectivity index (χ1v) is 6.75. The Balaban J connectivity index is 2.17. The number of Topliss-reactive ketones (excluding diaryl/α,β-unsaturated/α-hetero) is 1. The van der Waals surface area contributed by atoms with Crippen molar-refractivity contribution in [3.8, 4) is 0 Å². The molecule has 88 valence electrons. The quantitative estimate of drug-likeness (QED) is 0.817. The molecule has 17 heavy (non-hydrogen) atoms. The number of ketones is 1. The van der Waals surface area contributed by atoms with Gasteiger partial charge in [-0.3, -0.25) is 9.78 Å². The van der Waals surface area contributed by atoms with E-state index in [-0.39, 0.29) is 5.78 Å². The molecule has 2 aromatic rings. The summed E-state index contributed by atoms with van der Waals surface area (Å²) >= 11 is 4.76. The molecule has 0 saturated heterocycles. The molecule has 0 aliphatic rings. The molecular weight excluding hydrogens is 300 g/mol. The number of nitrogens with zero attached hydrogens (tertiary/aromatic N) is 2. The summed E-state index contributed by atoms with van der Waals surface area (Å²) in [6.07, 6.45) is 2.03. The maximum Gasteiger partial charge on any atom is 0.180 e. The lowest BCUT2D eigenvalue weighted by atomic mass is 10.1. The summed E-state index contributed by atoms with van der Waals surface area (Å²) in [5, 5.41) is 0.926. The largest absolute Gasteiger partial charge is 0.293 e. The van der Waals surface area contributed by atoms with E-state index in [4.69, 9.17) is 0 Å². The minimum Gasteiger partial charge on any atom is -0.293 e. The van der Waals surface area contributed by atoms with Crippen LogP contribution in [0.4, 0.5) is 0 Å². The van der Waals surface area contributed by atoms with Crippen molar-refractivity contribution in [2.75, 3.05) is 0 Å². The fourth-order valence-electron chi connectivity index (χ4n) is 1.55. The van der Waals surface area contributed by atoms with Gasteiger partial charge in [0.2, 0.25) is 0 Å². The predicted molar refractivity (Wildman–Crippen MR) is 71.6 cm³/mol. The third-order valence-corrected chi connectivity index (χ3v) is 3.87. The van der Waals surface area contributed by atoms with Crippen LogP contribution in [0.3, 0.4) is 0 Å². The zero-order chi connectivity index (χ0) is 12.4. The summed E-state index contributed by atoms with van der Waals surface area (Å²) in [4.78, 5) is 21.2. The Morgan fingerprint density at radius 1 is 1.41 bits per heavy atom. The number of thiazole rings is 1. The number of halogens is 1. The lowest BCUT2D eigenvalue weighted by Gasteiger charge is -1.99. The van der Waals surface area contributed by atoms with Crippen molar-refractivity contribution < 1.29 is 4.79 Å². The number of carbonyl (C=O) groups excluding carboxylic acids is 1. The van der Waals surface area contributed by atoms with E-state index in [1.807, 2.05) is 26.0 Å². The Morgan fingerprint density at radius 2 is 2.18 bits per heavy atom. The van der Waals surface area contributed by atoms with Gasteiger partial charge < -0.3 is 0 Å². The number of aromatic nitrogens is 2. The third kappa shape index (κ3) is 2.98. The van der Waals surface area contributed by atoms with Crippen LogP contribution in [-0.2, 0) is 6.42 Å². The number of rotatable bonds is 3. The molecule has 2 heterocycles. The van der Waals surface area contributed by atoms with E-state index in [1.165, 1.54) is 11.3 Å². The van der Waals surface area contributed by atoms with Crippen molar-refractivity contribution in [3.63, 3.8) is 0 Å². The monoisotopic (exact) mass is 310 g/mol. The Morgan fingerprint density at radius 3 is 2.71 bits per heavy atom. The number of hydrogen-bond acceptors (Lipinski definition) is 4. The molecular formula is C12H11BrN2OS. The molecule has 0 spiro atoms. The molecule has 0 saturated carbocycles. The highest BCUT2D eigenvalue weighted by Crippen LogP contribution is 2.19. The van der Waals surface area contributed by atoms with Crippen molar-refractivity contribution >= 4 is 33.0 Å². The van der Waals surface area contributed by atoms with Crippen molar-refractivity contribution in [1.82, 2.24) is 9.97 Å². The van der Waals surface area contributed by atoms with Gasteiger partial charge >= 0.3 is 0 Å². The number of hydrogen-bond donors (Lipinski definition) is 0. The summed E-state index contributed by atoms with van der Waals surface area (Å²) in [5.74, 6) is 0.0860. The van der Waals surface area contributed by atoms with Crippen molar-refractivity contribution in [2.45, 2.75) is 20.3 Å². The molecule has 0 aliphatic carbocycles. The fraction of sp³-hybridized carbons (Fsp3) is 0.250. The molecule has 0 fully saturated rings. The van der Waals surface area contributed by atoms with Crippen LogP contribution in [0.15, 0.2) is 22.8 Å². The SMILES string of the molecule is Cc1nc(C)c(C(=O)Cc2ccc(Br)cn2)s1. The number of pyridine rings is 1. The smallest absolute Gasteiger partial charge is 0.180 e. The molecule has 0 aliphatic heterocycles. The van der Waals surface area contributed by atoms with E-state index in [9.17, 15) is 4.79 Å². The average molecular weight is 311 g/mol. The second-order valence-electron chi connectivity index (χ2n) is 3.72. The zero-order valence-electron chi connectivity index (χ0n) is 9.53. The first kappa shape index (κ1) is 12.4. The van der Waals surface area contributed by atoms with Crippen LogP contribution in [0.25, 0.3) is 0 Å². The summed E-state index contributed by atoms with van der Waals surface area (Å²) in [6.45, 7) is 3.78. The van der Waals surface area contributed by atoms with Crippen molar-refractivity contribution in [2.24, 2.45) is 0 Å². The highest BCUT2D eigenvalue weighted by atomic mass is 79.9. The van der Waals surface area contributed by atoms with Crippen LogP contribution < -0.4 is 0 Å². The fourth-order valence-corrected chi connectivity index (χ4v) is 2.64. The third-order valence-electron chi connectivity index (χ3n) is 2.29. The van der Waals surface area contributed by atoms with Gasteiger partial charge in [-0.05, 0) is 41.9 Å². The van der Waals surface area contributed by atoms with Gasteiger partial charge in [0.05, 0.1) is 22.0 Å². The van der Waals surface area contributed by atoms with E-state index < -0.39 is 0 Å². The molecule has 0 bridgehead atoms. The second-order valence-corrected chi connectivity index (χ2v) is 5.83. The molecule has 0 aromatic carbocycles. The Kier molecular flexibility index (Phi) is 3.69. The minimum absolute atomic E-state index is 0.0860. The summed E-state index contributed by atoms with van der Waals surface area (Å²) in [5.41, 5.74) is 1.60. The van der Waals surface area contributed by atoms with Crippen LogP contribution in [0, 0.1) is 13.8 Å². The second kappa shape index (κ2) is 5.06. The Hall–Kier alpha value is -1.07. The number of carbonyl (C=O) groups is 1. The minimum atomic E-state index is 0.0860. The van der Waals surface area contributed by atoms with Gasteiger partial charge in [0, 0.05) is 16.4 Å². The standard InChI is InChI=1S/C12H11BrN2OS/c1-7-12(17-8(2)15-7)11(16)5-10-4-3-9(13)6-14-10/h3-4,6H,5H2,1-2H3. The van der Waals surface area contributed by atoms with Gasteiger partial charge in [0.25, 0.3) is 0 Å². The molecule has 2 rings (SSSR count). The molecule has 0 unspecified atom stereocenters. The zero-order valence-corrected chi connectivity index (χ0v) is 11.9. The lowest BCUT2D eigenvalue weighted by Crippen LogP contribution is -2.04. The first-order chi connectivity index (χ1) is 8.06. The topological polar surface area (TPSA) is 42.9 Å². The van der Waals surface area contributed by atoms with Gasteiger partial charge in [0.1, 0.15) is 0 Å². The summed E-state index contributed by atoms with van der Waals surface area (Å²) in [7, 11) is 0. The van der Waals surface area contributed by atoms with Crippen LogP contribution in [0.1, 0.15) is 26.1 Å². The Labute approximate surface area is 112 Å². The van der Waals surface area contributed by atoms with E-state index in [1.54, 1.807) is 6.20 Å². The normalized spacial score (nSPS) is 10.5. The van der Waals surface area contributed by atoms with Crippen LogP contribution >= 0.6 is 27.3 Å². The van der Waals surface area contributed by atoms with E-state index in [0.29, 0.717) is 6.42 Å². The highest BCUT2D eigenvalue weighted by molar-refractivity contribution is 9.10. The maximum atomic E-state index is 12.1. The Bertz CT molecular complexity index is 548. The van der Waals surface area contributed by atoms with Gasteiger partial charge in [0.15, 0.2) is 5.78 Å². The maximum absolute atomic E-state index is 12.1. The molecule has 0 N–H and O–H groups in total. The van der Waals surface area contributed by atoms with Crippen LogP contribution in [-0.4, -0.2) is 15.8 Å². The molecule has 2 aromatic heterocycles. The molecule has 0 amide bonds. The first-order valence-electron chi connectivity index (χ1n) is 5.14.